The molecule has 1 unspecified atom stereocenters. The van der Waals surface area contributed by atoms with Crippen LogP contribution in [0.5, 0.6) is 0 Å². The lowest BCUT2D eigenvalue weighted by atomic mass is 10.1. The lowest BCUT2D eigenvalue weighted by Crippen LogP contribution is -2.47. The zero-order valence-corrected chi connectivity index (χ0v) is 17.9. The third kappa shape index (κ3) is 6.13. The van der Waals surface area contributed by atoms with Gasteiger partial charge in [0.05, 0.1) is 13.1 Å². The lowest BCUT2D eigenvalue weighted by molar-refractivity contribution is 0.177. The summed E-state index contributed by atoms with van der Waals surface area (Å²) in [7, 11) is 1.64. The number of methoxy groups -OCH3 is 1. The average molecular weight is 488 g/mol. The number of benzene rings is 1. The van der Waals surface area contributed by atoms with Crippen LogP contribution in [-0.4, -0.2) is 40.4 Å². The summed E-state index contributed by atoms with van der Waals surface area (Å²) in [4.78, 5) is 9.10. The van der Waals surface area contributed by atoms with Gasteiger partial charge in [-0.25, -0.2) is 19.0 Å². The highest BCUT2D eigenvalue weighted by atomic mass is 127. The number of aryl methyl sites for hydroxylation is 1. The first-order valence-corrected chi connectivity index (χ1v) is 8.88. The topological polar surface area (TPSA) is 76.4 Å². The summed E-state index contributed by atoms with van der Waals surface area (Å²) in [5, 5.41) is 11.2. The molecule has 0 saturated carbocycles. The summed E-state index contributed by atoms with van der Waals surface area (Å²) in [5.74, 6) is 2.24. The molecule has 0 bridgehead atoms. The van der Waals surface area contributed by atoms with E-state index < -0.39 is 0 Å². The highest BCUT2D eigenvalue weighted by molar-refractivity contribution is 14.0. The standard InChI is InChI=1S/C18H25FN6O.HI/c1-3-20-18(21-10-13-4-6-14(19)7-5-13)22-15-8-9-17-23-16(12-26-2)24-25(17)11-15;/h4-7,15H,3,8-12H2,1-2H3,(H2,20,21,22);1H. The first-order chi connectivity index (χ1) is 12.7. The number of nitrogens with one attached hydrogen (secondary N) is 2. The Morgan fingerprint density at radius 3 is 2.85 bits per heavy atom. The van der Waals surface area contributed by atoms with Crippen LogP contribution in [0, 0.1) is 5.82 Å². The number of nitrogens with zero attached hydrogens (tertiary/aromatic N) is 4. The molecule has 2 aromatic rings. The summed E-state index contributed by atoms with van der Waals surface area (Å²) in [6.07, 6.45) is 1.83. The molecule has 1 aliphatic rings. The maximum Gasteiger partial charge on any atom is 0.191 e. The Morgan fingerprint density at radius 2 is 2.15 bits per heavy atom. The Kier molecular flexibility index (Phi) is 8.42. The number of halogens is 2. The van der Waals surface area contributed by atoms with Crippen molar-refractivity contribution in [3.8, 4) is 0 Å². The van der Waals surface area contributed by atoms with Gasteiger partial charge in [0.2, 0.25) is 0 Å². The van der Waals surface area contributed by atoms with Crippen LogP contribution < -0.4 is 10.6 Å². The zero-order valence-electron chi connectivity index (χ0n) is 15.6. The molecule has 1 aromatic heterocycles. The second kappa shape index (κ2) is 10.5. The van der Waals surface area contributed by atoms with Crippen LogP contribution in [0.3, 0.4) is 0 Å². The van der Waals surface area contributed by atoms with Crippen molar-refractivity contribution in [1.82, 2.24) is 25.4 Å². The number of hydrogen-bond donors (Lipinski definition) is 2. The number of ether oxygens (including phenoxy) is 1. The van der Waals surface area contributed by atoms with E-state index in [0.717, 1.165) is 49.1 Å². The second-order valence-corrected chi connectivity index (χ2v) is 6.26. The smallest absolute Gasteiger partial charge is 0.191 e. The molecule has 27 heavy (non-hydrogen) atoms. The number of aromatic nitrogens is 3. The van der Waals surface area contributed by atoms with E-state index in [1.807, 2.05) is 11.6 Å². The molecule has 0 aliphatic carbocycles. The van der Waals surface area contributed by atoms with Crippen molar-refractivity contribution in [3.05, 3.63) is 47.3 Å². The van der Waals surface area contributed by atoms with Gasteiger partial charge in [-0.15, -0.1) is 24.0 Å². The van der Waals surface area contributed by atoms with Crippen molar-refractivity contribution in [3.63, 3.8) is 0 Å². The number of hydrogen-bond acceptors (Lipinski definition) is 4. The number of aliphatic imine (C=N–C) groups is 1. The SMILES string of the molecule is CCNC(=NCc1ccc(F)cc1)NC1CCc2nc(COC)nn2C1.I. The lowest BCUT2D eigenvalue weighted by Gasteiger charge is -2.25. The van der Waals surface area contributed by atoms with Crippen LogP contribution in [-0.2, 0) is 30.9 Å². The number of fused-ring (bicyclic) bond motifs is 1. The van der Waals surface area contributed by atoms with Crippen LogP contribution in [0.4, 0.5) is 4.39 Å². The third-order valence-electron chi connectivity index (χ3n) is 4.19. The van der Waals surface area contributed by atoms with Gasteiger partial charge in [-0.1, -0.05) is 12.1 Å². The minimum atomic E-state index is -0.235. The van der Waals surface area contributed by atoms with Crippen LogP contribution in [0.15, 0.2) is 29.3 Å². The second-order valence-electron chi connectivity index (χ2n) is 6.26. The molecule has 0 amide bonds. The molecular formula is C18H26FIN6O. The Bertz CT molecular complexity index is 749. The van der Waals surface area contributed by atoms with Crippen molar-refractivity contribution < 1.29 is 9.13 Å². The molecule has 0 fully saturated rings. The van der Waals surface area contributed by atoms with E-state index in [0.29, 0.717) is 13.2 Å². The van der Waals surface area contributed by atoms with Gasteiger partial charge in [0, 0.05) is 26.1 Å². The van der Waals surface area contributed by atoms with E-state index in [1.54, 1.807) is 19.2 Å². The first-order valence-electron chi connectivity index (χ1n) is 8.88. The van der Waals surface area contributed by atoms with Gasteiger partial charge in [-0.3, -0.25) is 0 Å². The minimum absolute atomic E-state index is 0. The van der Waals surface area contributed by atoms with E-state index in [-0.39, 0.29) is 35.8 Å². The fourth-order valence-electron chi connectivity index (χ4n) is 2.94. The molecule has 1 aromatic carbocycles. The Hall–Kier alpha value is -1.75. The van der Waals surface area contributed by atoms with Crippen LogP contribution >= 0.6 is 24.0 Å². The quantitative estimate of drug-likeness (QED) is 0.371. The molecule has 0 saturated heterocycles. The maximum absolute atomic E-state index is 13.0. The Morgan fingerprint density at radius 1 is 1.37 bits per heavy atom. The number of guanidine groups is 1. The van der Waals surface area contributed by atoms with Crippen LogP contribution in [0.1, 0.15) is 30.6 Å². The molecule has 7 nitrogen and oxygen atoms in total. The van der Waals surface area contributed by atoms with Gasteiger partial charge in [0.1, 0.15) is 18.2 Å². The molecule has 0 radical (unpaired) electrons. The van der Waals surface area contributed by atoms with Gasteiger partial charge < -0.3 is 15.4 Å². The fraction of sp³-hybridized carbons (Fsp3) is 0.500. The average Bonchev–Trinajstić information content (AvgIpc) is 3.03. The normalized spacial score (nSPS) is 16.4. The van der Waals surface area contributed by atoms with Crippen molar-refractivity contribution in [1.29, 1.82) is 0 Å². The molecule has 1 aliphatic heterocycles. The molecule has 1 atom stereocenters. The van der Waals surface area contributed by atoms with E-state index in [4.69, 9.17) is 4.74 Å². The summed E-state index contributed by atoms with van der Waals surface area (Å²) in [6.45, 7) is 4.47. The molecule has 148 valence electrons. The fourth-order valence-corrected chi connectivity index (χ4v) is 2.94. The summed E-state index contributed by atoms with van der Waals surface area (Å²) >= 11 is 0. The monoisotopic (exact) mass is 488 g/mol. The van der Waals surface area contributed by atoms with Crippen LogP contribution in [0.25, 0.3) is 0 Å². The minimum Gasteiger partial charge on any atom is -0.377 e. The molecule has 0 spiro atoms. The summed E-state index contributed by atoms with van der Waals surface area (Å²) in [5.41, 5.74) is 0.968. The zero-order chi connectivity index (χ0) is 18.4. The Balaban J connectivity index is 0.00000261. The predicted molar refractivity (Wildman–Crippen MR) is 113 cm³/mol. The van der Waals surface area contributed by atoms with E-state index in [2.05, 4.69) is 25.7 Å². The van der Waals surface area contributed by atoms with E-state index in [9.17, 15) is 4.39 Å². The van der Waals surface area contributed by atoms with Crippen molar-refractivity contribution in [2.45, 2.75) is 45.5 Å². The van der Waals surface area contributed by atoms with Gasteiger partial charge in [0.15, 0.2) is 11.8 Å². The molecule has 3 rings (SSSR count). The molecular weight excluding hydrogens is 462 g/mol. The van der Waals surface area contributed by atoms with Gasteiger partial charge >= 0.3 is 0 Å². The van der Waals surface area contributed by atoms with Gasteiger partial charge in [-0.05, 0) is 31.0 Å². The largest absolute Gasteiger partial charge is 0.377 e. The third-order valence-corrected chi connectivity index (χ3v) is 4.19. The number of rotatable bonds is 6. The van der Waals surface area contributed by atoms with Crippen molar-refractivity contribution >= 4 is 29.9 Å². The predicted octanol–water partition coefficient (Wildman–Crippen LogP) is 2.25. The maximum atomic E-state index is 13.0. The van der Waals surface area contributed by atoms with Crippen LogP contribution in [0.2, 0.25) is 0 Å². The highest BCUT2D eigenvalue weighted by Crippen LogP contribution is 2.13. The van der Waals surface area contributed by atoms with E-state index in [1.165, 1.54) is 12.1 Å². The molecule has 9 heteroatoms. The van der Waals surface area contributed by atoms with Gasteiger partial charge in [0.25, 0.3) is 0 Å². The first kappa shape index (κ1) is 21.5. The van der Waals surface area contributed by atoms with Gasteiger partial charge in [-0.2, -0.15) is 5.10 Å². The van der Waals surface area contributed by atoms with Crippen molar-refractivity contribution in [2.24, 2.45) is 4.99 Å². The Labute approximate surface area is 175 Å². The molecule has 2 N–H and O–H groups in total. The summed E-state index contributed by atoms with van der Waals surface area (Å²) < 4.78 is 20.1. The van der Waals surface area contributed by atoms with E-state index >= 15 is 0 Å². The molecule has 2 heterocycles. The van der Waals surface area contributed by atoms with Crippen molar-refractivity contribution in [2.75, 3.05) is 13.7 Å². The summed E-state index contributed by atoms with van der Waals surface area (Å²) in [6, 6.07) is 6.64. The highest BCUT2D eigenvalue weighted by Gasteiger charge is 2.22.